The third-order valence-electron chi connectivity index (χ3n) is 3.16. The van der Waals surface area contributed by atoms with E-state index in [1.54, 1.807) is 23.9 Å². The minimum absolute atomic E-state index is 0.0802. The van der Waals surface area contributed by atoms with Crippen LogP contribution in [0.5, 0.6) is 5.75 Å². The molecule has 0 saturated carbocycles. The quantitative estimate of drug-likeness (QED) is 0.555. The third kappa shape index (κ3) is 4.73. The molecule has 1 unspecified atom stereocenters. The van der Waals surface area contributed by atoms with Crippen molar-refractivity contribution < 1.29 is 9.90 Å². The maximum Gasteiger partial charge on any atom is 0.153 e. The maximum atomic E-state index is 10.6. The third-order valence-corrected chi connectivity index (χ3v) is 4.38. The molecule has 0 saturated heterocycles. The lowest BCUT2D eigenvalue weighted by molar-refractivity contribution is 0.112. The Balaban J connectivity index is 2.51. The molecule has 18 heavy (non-hydrogen) atoms. The van der Waals surface area contributed by atoms with Crippen LogP contribution >= 0.6 is 11.8 Å². The van der Waals surface area contributed by atoms with E-state index in [1.807, 2.05) is 6.07 Å². The van der Waals surface area contributed by atoms with Crippen molar-refractivity contribution in [3.05, 3.63) is 23.8 Å². The Morgan fingerprint density at radius 1 is 1.39 bits per heavy atom. The Kier molecular flexibility index (Phi) is 6.88. The summed E-state index contributed by atoms with van der Waals surface area (Å²) >= 11 is 1.76. The Hall–Kier alpha value is -0.960. The second-order valence-corrected chi connectivity index (χ2v) is 5.66. The van der Waals surface area contributed by atoms with Gasteiger partial charge < -0.3 is 5.11 Å². The van der Waals surface area contributed by atoms with Crippen molar-refractivity contribution >= 4 is 18.0 Å². The number of aromatic hydroxyl groups is 1. The number of phenolic OH excluding ortho intramolecular Hbond substituents is 1. The molecule has 1 aromatic carbocycles. The average molecular weight is 266 g/mol. The van der Waals surface area contributed by atoms with Gasteiger partial charge in [0.2, 0.25) is 0 Å². The highest BCUT2D eigenvalue weighted by Gasteiger charge is 2.08. The van der Waals surface area contributed by atoms with Gasteiger partial charge in [0.1, 0.15) is 5.75 Å². The van der Waals surface area contributed by atoms with Crippen LogP contribution in [0.15, 0.2) is 23.1 Å². The molecule has 1 rings (SSSR count). The zero-order valence-corrected chi connectivity index (χ0v) is 12.0. The monoisotopic (exact) mass is 266 g/mol. The lowest BCUT2D eigenvalue weighted by Gasteiger charge is -2.13. The van der Waals surface area contributed by atoms with E-state index in [9.17, 15) is 9.90 Å². The van der Waals surface area contributed by atoms with E-state index >= 15 is 0 Å². The predicted octanol–water partition coefficient (Wildman–Crippen LogP) is 4.51. The van der Waals surface area contributed by atoms with Gasteiger partial charge >= 0.3 is 0 Å². The van der Waals surface area contributed by atoms with Crippen LogP contribution in [0.25, 0.3) is 0 Å². The summed E-state index contributed by atoms with van der Waals surface area (Å²) < 4.78 is 0. The molecule has 100 valence electrons. The molecule has 1 atom stereocenters. The number of carbonyl (C=O) groups is 1. The van der Waals surface area contributed by atoms with E-state index in [0.717, 1.165) is 16.6 Å². The van der Waals surface area contributed by atoms with Crippen molar-refractivity contribution in [3.8, 4) is 5.75 Å². The smallest absolute Gasteiger partial charge is 0.153 e. The first-order valence-corrected chi connectivity index (χ1v) is 7.60. The van der Waals surface area contributed by atoms with Crippen molar-refractivity contribution in [2.24, 2.45) is 5.92 Å². The number of thioether (sulfide) groups is 1. The normalized spacial score (nSPS) is 12.3. The molecule has 0 bridgehead atoms. The lowest BCUT2D eigenvalue weighted by Crippen LogP contribution is -2.02. The second-order valence-electron chi connectivity index (χ2n) is 4.57. The summed E-state index contributed by atoms with van der Waals surface area (Å²) in [5.74, 6) is 1.90. The van der Waals surface area contributed by atoms with Crippen molar-refractivity contribution in [2.45, 2.75) is 44.4 Å². The summed E-state index contributed by atoms with van der Waals surface area (Å²) in [7, 11) is 0. The van der Waals surface area contributed by atoms with Crippen LogP contribution in [0.4, 0.5) is 0 Å². The van der Waals surface area contributed by atoms with Crippen LogP contribution in [0.3, 0.4) is 0 Å². The van der Waals surface area contributed by atoms with Gasteiger partial charge in [0, 0.05) is 10.6 Å². The van der Waals surface area contributed by atoms with Gasteiger partial charge in [-0.3, -0.25) is 4.79 Å². The average Bonchev–Trinajstić information content (AvgIpc) is 2.39. The Morgan fingerprint density at radius 2 is 2.17 bits per heavy atom. The van der Waals surface area contributed by atoms with Crippen LogP contribution < -0.4 is 0 Å². The van der Waals surface area contributed by atoms with E-state index in [2.05, 4.69) is 13.8 Å². The van der Waals surface area contributed by atoms with Crippen molar-refractivity contribution in [1.82, 2.24) is 0 Å². The zero-order valence-electron chi connectivity index (χ0n) is 11.2. The molecule has 0 fully saturated rings. The number of benzene rings is 1. The molecule has 0 spiro atoms. The number of hydrogen-bond acceptors (Lipinski definition) is 3. The molecular weight excluding hydrogens is 244 g/mol. The summed E-state index contributed by atoms with van der Waals surface area (Å²) in [4.78, 5) is 11.6. The zero-order chi connectivity index (χ0) is 13.4. The van der Waals surface area contributed by atoms with Crippen LogP contribution in [-0.2, 0) is 0 Å². The topological polar surface area (TPSA) is 37.3 Å². The van der Waals surface area contributed by atoms with Gasteiger partial charge in [-0.1, -0.05) is 33.1 Å². The fourth-order valence-corrected chi connectivity index (χ4v) is 3.01. The van der Waals surface area contributed by atoms with E-state index in [0.29, 0.717) is 11.8 Å². The summed E-state index contributed by atoms with van der Waals surface area (Å²) in [6.45, 7) is 4.45. The van der Waals surface area contributed by atoms with Gasteiger partial charge in [-0.2, -0.15) is 0 Å². The standard InChI is InChI=1S/C15H22O2S/c1-3-5-6-12(4-2)11-18-14-8-7-13(10-16)15(17)9-14/h7-10,12,17H,3-6,11H2,1-2H3. The summed E-state index contributed by atoms with van der Waals surface area (Å²) in [6.07, 6.45) is 5.69. The van der Waals surface area contributed by atoms with Gasteiger partial charge in [-0.15, -0.1) is 11.8 Å². The number of unbranched alkanes of at least 4 members (excludes halogenated alkanes) is 1. The van der Waals surface area contributed by atoms with Crippen LogP contribution in [-0.4, -0.2) is 17.1 Å². The fraction of sp³-hybridized carbons (Fsp3) is 0.533. The minimum atomic E-state index is 0.0802. The predicted molar refractivity (Wildman–Crippen MR) is 77.5 cm³/mol. The molecular formula is C15H22O2S. The molecule has 0 heterocycles. The van der Waals surface area contributed by atoms with Crippen LogP contribution in [0, 0.1) is 5.92 Å². The molecule has 0 aromatic heterocycles. The number of aldehydes is 1. The van der Waals surface area contributed by atoms with E-state index in [1.165, 1.54) is 25.7 Å². The summed E-state index contributed by atoms with van der Waals surface area (Å²) in [5, 5.41) is 9.61. The van der Waals surface area contributed by atoms with Gasteiger partial charge in [-0.25, -0.2) is 0 Å². The first-order valence-electron chi connectivity index (χ1n) is 6.62. The van der Waals surface area contributed by atoms with Crippen molar-refractivity contribution in [2.75, 3.05) is 5.75 Å². The molecule has 1 aromatic rings. The molecule has 0 aliphatic heterocycles. The summed E-state index contributed by atoms with van der Waals surface area (Å²) in [6, 6.07) is 5.26. The highest BCUT2D eigenvalue weighted by atomic mass is 32.2. The number of rotatable bonds is 8. The second kappa shape index (κ2) is 8.20. The highest BCUT2D eigenvalue weighted by molar-refractivity contribution is 7.99. The molecule has 2 nitrogen and oxygen atoms in total. The van der Waals surface area contributed by atoms with Crippen LogP contribution in [0.2, 0.25) is 0 Å². The maximum absolute atomic E-state index is 10.6. The van der Waals surface area contributed by atoms with E-state index in [-0.39, 0.29) is 5.75 Å². The fourth-order valence-electron chi connectivity index (χ4n) is 1.83. The van der Waals surface area contributed by atoms with Crippen molar-refractivity contribution in [1.29, 1.82) is 0 Å². The molecule has 0 radical (unpaired) electrons. The molecule has 3 heteroatoms. The molecule has 0 aliphatic rings. The van der Waals surface area contributed by atoms with E-state index < -0.39 is 0 Å². The minimum Gasteiger partial charge on any atom is -0.507 e. The first-order chi connectivity index (χ1) is 8.71. The van der Waals surface area contributed by atoms with E-state index in [4.69, 9.17) is 0 Å². The Morgan fingerprint density at radius 3 is 2.72 bits per heavy atom. The highest BCUT2D eigenvalue weighted by Crippen LogP contribution is 2.28. The SMILES string of the molecule is CCCCC(CC)CSc1ccc(C=O)c(O)c1. The van der Waals surface area contributed by atoms with Gasteiger partial charge in [0.25, 0.3) is 0 Å². The number of phenols is 1. The van der Waals surface area contributed by atoms with Crippen LogP contribution in [0.1, 0.15) is 49.9 Å². The first kappa shape index (κ1) is 15.1. The Labute approximate surface area is 114 Å². The lowest BCUT2D eigenvalue weighted by atomic mass is 10.0. The Bertz CT molecular complexity index is 377. The molecule has 1 N–H and O–H groups in total. The number of carbonyl (C=O) groups excluding carboxylic acids is 1. The molecule has 0 aliphatic carbocycles. The summed E-state index contributed by atoms with van der Waals surface area (Å²) in [5.41, 5.74) is 0.359. The largest absolute Gasteiger partial charge is 0.507 e. The van der Waals surface area contributed by atoms with Gasteiger partial charge in [0.15, 0.2) is 6.29 Å². The molecule has 0 amide bonds. The van der Waals surface area contributed by atoms with Gasteiger partial charge in [-0.05, 0) is 30.5 Å². The number of hydrogen-bond donors (Lipinski definition) is 1. The van der Waals surface area contributed by atoms with Gasteiger partial charge in [0.05, 0.1) is 5.56 Å². The van der Waals surface area contributed by atoms with Crippen molar-refractivity contribution in [3.63, 3.8) is 0 Å².